The van der Waals surface area contributed by atoms with E-state index >= 15 is 0 Å². The molecule has 146 valence electrons. The van der Waals surface area contributed by atoms with Crippen LogP contribution in [0.15, 0.2) is 46.1 Å². The number of anilines is 1. The SMILES string of the molecule is C.COC(=O)c1sccc1N.O=c1[nH]c(-c2ccncc2Cl)nc2ccsc12. The Kier molecular flexibility index (Phi) is 7.27. The van der Waals surface area contributed by atoms with Crippen LogP contribution < -0.4 is 11.3 Å². The number of ether oxygens (including phenoxy) is 1. The lowest BCUT2D eigenvalue weighted by atomic mass is 10.2. The lowest BCUT2D eigenvalue weighted by molar-refractivity contribution is 0.0607. The van der Waals surface area contributed by atoms with Crippen molar-refractivity contribution in [3.05, 3.63) is 61.6 Å². The highest BCUT2D eigenvalue weighted by Gasteiger charge is 2.10. The number of nitrogens with one attached hydrogen (secondary N) is 1. The first-order valence-corrected chi connectivity index (χ1v) is 9.63. The maximum absolute atomic E-state index is 11.8. The van der Waals surface area contributed by atoms with Gasteiger partial charge >= 0.3 is 5.97 Å². The molecule has 3 N–H and O–H groups in total. The van der Waals surface area contributed by atoms with Crippen LogP contribution >= 0.6 is 34.3 Å². The Morgan fingerprint density at radius 3 is 2.64 bits per heavy atom. The number of H-pyrrole nitrogens is 1. The topological polar surface area (TPSA) is 111 Å². The zero-order chi connectivity index (χ0) is 19.4. The molecule has 0 saturated heterocycles. The molecule has 4 rings (SSSR count). The molecule has 0 aliphatic carbocycles. The third kappa shape index (κ3) is 4.56. The predicted molar refractivity (Wildman–Crippen MR) is 115 cm³/mol. The number of aromatic amines is 1. The van der Waals surface area contributed by atoms with Gasteiger partial charge in [-0.25, -0.2) is 9.78 Å². The van der Waals surface area contributed by atoms with Gasteiger partial charge in [-0.2, -0.15) is 0 Å². The highest BCUT2D eigenvalue weighted by atomic mass is 35.5. The van der Waals surface area contributed by atoms with E-state index in [-0.39, 0.29) is 19.0 Å². The van der Waals surface area contributed by atoms with Crippen molar-refractivity contribution in [2.75, 3.05) is 12.8 Å². The van der Waals surface area contributed by atoms with Crippen LogP contribution in [0.25, 0.3) is 21.6 Å². The van der Waals surface area contributed by atoms with Gasteiger partial charge in [0.25, 0.3) is 5.56 Å². The van der Waals surface area contributed by atoms with Crippen molar-refractivity contribution in [1.29, 1.82) is 0 Å². The highest BCUT2D eigenvalue weighted by Crippen LogP contribution is 2.24. The van der Waals surface area contributed by atoms with Crippen LogP contribution in [0.5, 0.6) is 0 Å². The fourth-order valence-electron chi connectivity index (χ4n) is 2.15. The number of carbonyl (C=O) groups is 1. The van der Waals surface area contributed by atoms with Crippen molar-refractivity contribution in [3.63, 3.8) is 0 Å². The number of halogens is 1. The molecule has 0 fully saturated rings. The predicted octanol–water partition coefficient (Wildman–Crippen LogP) is 4.45. The van der Waals surface area contributed by atoms with Crippen LogP contribution in [0, 0.1) is 0 Å². The average molecular weight is 437 g/mol. The largest absolute Gasteiger partial charge is 0.465 e. The normalized spacial score (nSPS) is 9.93. The van der Waals surface area contributed by atoms with Crippen molar-refractivity contribution in [3.8, 4) is 11.4 Å². The first-order valence-electron chi connectivity index (χ1n) is 7.50. The Morgan fingerprint density at radius 2 is 2.00 bits per heavy atom. The number of pyridine rings is 1. The lowest BCUT2D eigenvalue weighted by Gasteiger charge is -2.02. The maximum atomic E-state index is 11.8. The summed E-state index contributed by atoms with van der Waals surface area (Å²) in [4.78, 5) is 34.1. The van der Waals surface area contributed by atoms with E-state index in [4.69, 9.17) is 17.3 Å². The lowest BCUT2D eigenvalue weighted by Crippen LogP contribution is -2.07. The first-order chi connectivity index (χ1) is 13.0. The fraction of sp³-hybridized carbons (Fsp3) is 0.111. The summed E-state index contributed by atoms with van der Waals surface area (Å²) in [5, 5.41) is 4.05. The van der Waals surface area contributed by atoms with Gasteiger partial charge in [0.2, 0.25) is 0 Å². The van der Waals surface area contributed by atoms with Crippen molar-refractivity contribution in [2.45, 2.75) is 7.43 Å². The molecule has 0 bridgehead atoms. The molecule has 0 saturated carbocycles. The minimum atomic E-state index is -0.368. The Balaban J connectivity index is 0.000000221. The summed E-state index contributed by atoms with van der Waals surface area (Å²) in [6.07, 6.45) is 3.13. The third-order valence-corrected chi connectivity index (χ3v) is 5.52. The Morgan fingerprint density at radius 1 is 1.25 bits per heavy atom. The van der Waals surface area contributed by atoms with Gasteiger partial charge in [0.05, 0.1) is 23.3 Å². The monoisotopic (exact) mass is 436 g/mol. The second-order valence-electron chi connectivity index (χ2n) is 5.10. The number of rotatable bonds is 2. The van der Waals surface area contributed by atoms with E-state index in [9.17, 15) is 9.59 Å². The number of carbonyl (C=O) groups excluding carboxylic acids is 1. The second-order valence-corrected chi connectivity index (χ2v) is 7.34. The molecule has 28 heavy (non-hydrogen) atoms. The summed E-state index contributed by atoms with van der Waals surface area (Å²) in [5.41, 5.74) is 7.12. The van der Waals surface area contributed by atoms with Gasteiger partial charge in [-0.05, 0) is 29.0 Å². The summed E-state index contributed by atoms with van der Waals surface area (Å²) in [5.74, 6) is 0.0980. The number of nitrogens with two attached hydrogens (primary N) is 1. The summed E-state index contributed by atoms with van der Waals surface area (Å²) in [6, 6.07) is 5.21. The molecule has 10 heteroatoms. The zero-order valence-corrected chi connectivity index (χ0v) is 16.3. The van der Waals surface area contributed by atoms with Crippen LogP contribution in [-0.2, 0) is 4.74 Å². The van der Waals surface area contributed by atoms with Crippen LogP contribution in [0.1, 0.15) is 17.1 Å². The number of aromatic nitrogens is 3. The molecule has 0 radical (unpaired) electrons. The van der Waals surface area contributed by atoms with E-state index in [1.165, 1.54) is 36.0 Å². The summed E-state index contributed by atoms with van der Waals surface area (Å²) < 4.78 is 5.09. The van der Waals surface area contributed by atoms with E-state index in [1.807, 2.05) is 11.4 Å². The molecule has 7 nitrogen and oxygen atoms in total. The number of fused-ring (bicyclic) bond motifs is 1. The molecule has 0 unspecified atom stereocenters. The van der Waals surface area contributed by atoms with Gasteiger partial charge in [-0.15, -0.1) is 22.7 Å². The second kappa shape index (κ2) is 9.45. The van der Waals surface area contributed by atoms with Gasteiger partial charge < -0.3 is 15.5 Å². The number of nitrogens with zero attached hydrogens (tertiary/aromatic N) is 2. The van der Waals surface area contributed by atoms with Crippen LogP contribution in [0.4, 0.5) is 5.69 Å². The van der Waals surface area contributed by atoms with Crippen molar-refractivity contribution in [2.24, 2.45) is 0 Å². The van der Waals surface area contributed by atoms with E-state index in [1.54, 1.807) is 23.7 Å². The van der Waals surface area contributed by atoms with Gasteiger partial charge in [0.15, 0.2) is 0 Å². The Hall–Kier alpha value is -2.75. The van der Waals surface area contributed by atoms with E-state index in [2.05, 4.69) is 19.7 Å². The molecule has 0 atom stereocenters. The Labute approximate surface area is 173 Å². The van der Waals surface area contributed by atoms with E-state index < -0.39 is 0 Å². The summed E-state index contributed by atoms with van der Waals surface area (Å²) >= 11 is 8.67. The highest BCUT2D eigenvalue weighted by molar-refractivity contribution is 7.17. The average Bonchev–Trinajstić information content (AvgIpc) is 3.31. The van der Waals surface area contributed by atoms with Gasteiger partial charge in [0.1, 0.15) is 15.4 Å². The smallest absolute Gasteiger partial charge is 0.350 e. The Bertz CT molecular complexity index is 1150. The molecule has 0 spiro atoms. The van der Waals surface area contributed by atoms with Gasteiger partial charge in [-0.1, -0.05) is 19.0 Å². The zero-order valence-electron chi connectivity index (χ0n) is 13.9. The van der Waals surface area contributed by atoms with Crippen molar-refractivity contribution in [1.82, 2.24) is 15.0 Å². The first kappa shape index (κ1) is 21.5. The molecule has 0 aromatic carbocycles. The maximum Gasteiger partial charge on any atom is 0.350 e. The number of methoxy groups -OCH3 is 1. The molecule has 4 aromatic heterocycles. The van der Waals surface area contributed by atoms with Crippen LogP contribution in [-0.4, -0.2) is 28.0 Å². The summed E-state index contributed by atoms with van der Waals surface area (Å²) in [6.45, 7) is 0. The van der Waals surface area contributed by atoms with Crippen LogP contribution in [0.2, 0.25) is 5.02 Å². The molecular formula is C18H17ClN4O3S2. The summed E-state index contributed by atoms with van der Waals surface area (Å²) in [7, 11) is 1.33. The number of thiophene rings is 2. The number of hydrogen-bond donors (Lipinski definition) is 2. The van der Waals surface area contributed by atoms with Gasteiger partial charge in [0, 0.05) is 18.0 Å². The minimum absolute atomic E-state index is 0. The third-order valence-electron chi connectivity index (χ3n) is 3.41. The molecule has 4 aromatic rings. The van der Waals surface area contributed by atoms with Crippen molar-refractivity contribution < 1.29 is 9.53 Å². The molecule has 0 amide bonds. The molecule has 0 aliphatic heterocycles. The number of hydrogen-bond acceptors (Lipinski definition) is 8. The van der Waals surface area contributed by atoms with E-state index in [0.717, 1.165) is 0 Å². The van der Waals surface area contributed by atoms with Crippen molar-refractivity contribution >= 4 is 56.1 Å². The number of esters is 1. The molecule has 0 aliphatic rings. The van der Waals surface area contributed by atoms with E-state index in [0.29, 0.717) is 37.2 Å². The quantitative estimate of drug-likeness (QED) is 0.449. The molecular weight excluding hydrogens is 420 g/mol. The van der Waals surface area contributed by atoms with Crippen LogP contribution in [0.3, 0.4) is 0 Å². The number of nitrogen functional groups attached to an aromatic ring is 1. The minimum Gasteiger partial charge on any atom is -0.465 e. The molecule has 4 heterocycles. The standard InChI is InChI=1S/C11H6ClN3OS.C6H7NO2S.CH4/c12-7-5-13-3-1-6(7)10-14-8-2-4-17-9(8)11(16)15-10;1-9-6(8)5-4(7)2-3-10-5;/h1-5H,(H,14,15,16);2-3H,7H2,1H3;1H4. The van der Waals surface area contributed by atoms with Gasteiger partial charge in [-0.3, -0.25) is 9.78 Å². The fourth-order valence-corrected chi connectivity index (χ4v) is 3.81.